The van der Waals surface area contributed by atoms with Crippen LogP contribution >= 0.6 is 0 Å². The summed E-state index contributed by atoms with van der Waals surface area (Å²) in [5, 5.41) is 3.35. The van der Waals surface area contributed by atoms with Crippen LogP contribution in [-0.4, -0.2) is 61.0 Å². The Morgan fingerprint density at radius 2 is 1.52 bits per heavy atom. The zero-order chi connectivity index (χ0) is 16.2. The average Bonchev–Trinajstić information content (AvgIpc) is 2.62. The van der Waals surface area contributed by atoms with Gasteiger partial charge in [0, 0.05) is 38.1 Å². The van der Waals surface area contributed by atoms with Gasteiger partial charge in [-0.05, 0) is 63.5 Å². The van der Waals surface area contributed by atoms with Crippen molar-refractivity contribution in [1.82, 2.24) is 15.1 Å². The van der Waals surface area contributed by atoms with Crippen LogP contribution in [0.3, 0.4) is 0 Å². The summed E-state index contributed by atoms with van der Waals surface area (Å²) in [6, 6.07) is 0.779. The number of piperidine rings is 1. The topological polar surface area (TPSA) is 35.6 Å². The minimum absolute atomic E-state index is 0.282. The number of nitrogens with zero attached hydrogens (tertiary/aromatic N) is 2. The molecule has 0 unspecified atom stereocenters. The molecule has 4 heteroatoms. The first-order valence-electron chi connectivity index (χ1n) is 9.88. The van der Waals surface area contributed by atoms with E-state index >= 15 is 0 Å². The number of amides is 1. The molecule has 3 fully saturated rings. The van der Waals surface area contributed by atoms with E-state index in [1.807, 2.05) is 0 Å². The van der Waals surface area contributed by atoms with Crippen molar-refractivity contribution in [2.45, 2.75) is 58.4 Å². The van der Waals surface area contributed by atoms with E-state index in [4.69, 9.17) is 0 Å². The van der Waals surface area contributed by atoms with Crippen LogP contribution in [0.15, 0.2) is 0 Å². The predicted molar refractivity (Wildman–Crippen MR) is 94.3 cm³/mol. The van der Waals surface area contributed by atoms with E-state index in [1.165, 1.54) is 25.7 Å². The Balaban J connectivity index is 1.42. The molecule has 0 spiro atoms. The Morgan fingerprint density at radius 1 is 0.913 bits per heavy atom. The summed E-state index contributed by atoms with van der Waals surface area (Å²) >= 11 is 0. The smallest absolute Gasteiger partial charge is 0.225 e. The number of rotatable bonds is 3. The van der Waals surface area contributed by atoms with Crippen molar-refractivity contribution in [3.63, 3.8) is 0 Å². The molecule has 1 N–H and O–H groups in total. The lowest BCUT2D eigenvalue weighted by Gasteiger charge is -2.43. The molecule has 0 aromatic heterocycles. The minimum atomic E-state index is 0.282. The maximum atomic E-state index is 12.6. The maximum absolute atomic E-state index is 12.6. The molecule has 2 heterocycles. The van der Waals surface area contributed by atoms with Crippen molar-refractivity contribution < 1.29 is 4.79 Å². The summed E-state index contributed by atoms with van der Waals surface area (Å²) in [4.78, 5) is 17.4. The quantitative estimate of drug-likeness (QED) is 0.867. The van der Waals surface area contributed by atoms with Crippen LogP contribution in [0.2, 0.25) is 0 Å². The molecule has 132 valence electrons. The standard InChI is InChI=1S/C19H35N3O/c1-15(2)16-3-5-18(6-4-16)21-11-13-22(14-12-21)19(23)17-7-9-20-10-8-17/h15-18,20H,3-14H2,1-2H3. The van der Waals surface area contributed by atoms with Crippen molar-refractivity contribution in [1.29, 1.82) is 0 Å². The van der Waals surface area contributed by atoms with Gasteiger partial charge < -0.3 is 10.2 Å². The van der Waals surface area contributed by atoms with Gasteiger partial charge in [0.1, 0.15) is 0 Å². The molecule has 0 radical (unpaired) electrons. The lowest BCUT2D eigenvalue weighted by Crippen LogP contribution is -2.54. The van der Waals surface area contributed by atoms with Gasteiger partial charge in [-0.2, -0.15) is 0 Å². The summed E-state index contributed by atoms with van der Waals surface area (Å²) in [6.45, 7) is 10.8. The average molecular weight is 322 g/mol. The Morgan fingerprint density at radius 3 is 2.09 bits per heavy atom. The molecule has 2 aliphatic heterocycles. The van der Waals surface area contributed by atoms with E-state index in [1.54, 1.807) is 0 Å². The van der Waals surface area contributed by atoms with Crippen molar-refractivity contribution in [3.05, 3.63) is 0 Å². The summed E-state index contributed by atoms with van der Waals surface area (Å²) in [6.07, 6.45) is 7.58. The highest BCUT2D eigenvalue weighted by Crippen LogP contribution is 2.32. The fourth-order valence-corrected chi connectivity index (χ4v) is 4.77. The second kappa shape index (κ2) is 7.98. The van der Waals surface area contributed by atoms with Gasteiger partial charge in [-0.25, -0.2) is 0 Å². The molecule has 3 aliphatic rings. The number of carbonyl (C=O) groups is 1. The van der Waals surface area contributed by atoms with Crippen LogP contribution in [0, 0.1) is 17.8 Å². The minimum Gasteiger partial charge on any atom is -0.340 e. The van der Waals surface area contributed by atoms with Crippen molar-refractivity contribution in [2.24, 2.45) is 17.8 Å². The molecule has 2 saturated heterocycles. The molecule has 0 aromatic rings. The molecule has 3 rings (SSSR count). The Kier molecular flexibility index (Phi) is 5.97. The third-order valence-corrected chi connectivity index (χ3v) is 6.51. The van der Waals surface area contributed by atoms with E-state index < -0.39 is 0 Å². The lowest BCUT2D eigenvalue weighted by atomic mass is 9.79. The van der Waals surface area contributed by atoms with E-state index in [0.29, 0.717) is 5.91 Å². The van der Waals surface area contributed by atoms with Crippen molar-refractivity contribution in [2.75, 3.05) is 39.3 Å². The number of carbonyl (C=O) groups excluding carboxylic acids is 1. The van der Waals surface area contributed by atoms with Gasteiger partial charge in [0.05, 0.1) is 0 Å². The molecule has 0 aromatic carbocycles. The van der Waals surface area contributed by atoms with Gasteiger partial charge in [0.2, 0.25) is 5.91 Å². The third-order valence-electron chi connectivity index (χ3n) is 6.51. The molecule has 1 aliphatic carbocycles. The Hall–Kier alpha value is -0.610. The molecule has 0 atom stereocenters. The summed E-state index contributed by atoms with van der Waals surface area (Å²) in [5.41, 5.74) is 0. The van der Waals surface area contributed by atoms with E-state index in [0.717, 1.165) is 70.0 Å². The van der Waals surface area contributed by atoms with Crippen LogP contribution in [-0.2, 0) is 4.79 Å². The summed E-state index contributed by atoms with van der Waals surface area (Å²) < 4.78 is 0. The van der Waals surface area contributed by atoms with Gasteiger partial charge in [0.15, 0.2) is 0 Å². The maximum Gasteiger partial charge on any atom is 0.225 e. The first-order valence-corrected chi connectivity index (χ1v) is 9.88. The molecule has 4 nitrogen and oxygen atoms in total. The van der Waals surface area contributed by atoms with Gasteiger partial charge in [0.25, 0.3) is 0 Å². The third kappa shape index (κ3) is 4.27. The zero-order valence-corrected chi connectivity index (χ0v) is 15.1. The van der Waals surface area contributed by atoms with Crippen LogP contribution in [0.5, 0.6) is 0 Å². The first-order chi connectivity index (χ1) is 11.1. The highest BCUT2D eigenvalue weighted by atomic mass is 16.2. The zero-order valence-electron chi connectivity index (χ0n) is 15.1. The number of hydrogen-bond acceptors (Lipinski definition) is 3. The van der Waals surface area contributed by atoms with Gasteiger partial charge in [-0.3, -0.25) is 9.69 Å². The number of hydrogen-bond donors (Lipinski definition) is 1. The van der Waals surface area contributed by atoms with Crippen LogP contribution in [0.25, 0.3) is 0 Å². The SMILES string of the molecule is CC(C)C1CCC(N2CCN(C(=O)C3CCNCC3)CC2)CC1. The van der Waals surface area contributed by atoms with E-state index in [2.05, 4.69) is 29.0 Å². The second-order valence-electron chi connectivity index (χ2n) is 8.20. The second-order valence-corrected chi connectivity index (χ2v) is 8.20. The highest BCUT2D eigenvalue weighted by molar-refractivity contribution is 5.79. The van der Waals surface area contributed by atoms with Crippen molar-refractivity contribution in [3.8, 4) is 0 Å². The lowest BCUT2D eigenvalue weighted by molar-refractivity contribution is -0.138. The van der Waals surface area contributed by atoms with Crippen LogP contribution < -0.4 is 5.32 Å². The predicted octanol–water partition coefficient (Wildman–Crippen LogP) is 2.34. The molecule has 23 heavy (non-hydrogen) atoms. The van der Waals surface area contributed by atoms with E-state index in [9.17, 15) is 4.79 Å². The fourth-order valence-electron chi connectivity index (χ4n) is 4.77. The highest BCUT2D eigenvalue weighted by Gasteiger charge is 2.32. The molecule has 1 saturated carbocycles. The molecular weight excluding hydrogens is 286 g/mol. The van der Waals surface area contributed by atoms with E-state index in [-0.39, 0.29) is 5.92 Å². The van der Waals surface area contributed by atoms with Crippen LogP contribution in [0.4, 0.5) is 0 Å². The number of piperazine rings is 1. The number of nitrogens with one attached hydrogen (secondary N) is 1. The van der Waals surface area contributed by atoms with Crippen molar-refractivity contribution >= 4 is 5.91 Å². The van der Waals surface area contributed by atoms with Gasteiger partial charge in [-0.15, -0.1) is 0 Å². The normalized spacial score (nSPS) is 31.5. The molecular formula is C19H35N3O. The monoisotopic (exact) mass is 321 g/mol. The first kappa shape index (κ1) is 17.2. The van der Waals surface area contributed by atoms with Crippen LogP contribution in [0.1, 0.15) is 52.4 Å². The summed E-state index contributed by atoms with van der Waals surface area (Å²) in [5.74, 6) is 2.49. The molecule has 1 amide bonds. The Bertz CT molecular complexity index is 376. The van der Waals surface area contributed by atoms with Gasteiger partial charge in [-0.1, -0.05) is 13.8 Å². The largest absolute Gasteiger partial charge is 0.340 e. The summed E-state index contributed by atoms with van der Waals surface area (Å²) in [7, 11) is 0. The fraction of sp³-hybridized carbons (Fsp3) is 0.947. The Labute approximate surface area is 142 Å². The molecule has 0 bridgehead atoms. The van der Waals surface area contributed by atoms with Gasteiger partial charge >= 0.3 is 0 Å².